The van der Waals surface area contributed by atoms with Gasteiger partial charge in [0.2, 0.25) is 0 Å². The predicted molar refractivity (Wildman–Crippen MR) is 74.1 cm³/mol. The minimum Gasteiger partial charge on any atom is -0.345 e. The molecule has 1 amide bonds. The zero-order valence-electron chi connectivity index (χ0n) is 11.0. The van der Waals surface area contributed by atoms with E-state index in [0.717, 1.165) is 42.7 Å². The molecule has 0 spiro atoms. The standard InChI is InChI=1S/C14H18N4O/c1-2-5-18(11-7-15-8-11)14(19)10-3-4-12-13(6-10)17-9-16-12/h3-4,6,9,11,15H,2,5,7-8H2,1H3,(H,16,17). The monoisotopic (exact) mass is 258 g/mol. The third-order valence-electron chi connectivity index (χ3n) is 3.59. The number of imidazole rings is 1. The largest absolute Gasteiger partial charge is 0.345 e. The van der Waals surface area contributed by atoms with E-state index in [-0.39, 0.29) is 5.91 Å². The Balaban J connectivity index is 1.87. The van der Waals surface area contributed by atoms with Gasteiger partial charge in [-0.3, -0.25) is 4.79 Å². The SMILES string of the molecule is CCCN(C(=O)c1ccc2nc[nH]c2c1)C1CNC1. The van der Waals surface area contributed by atoms with Crippen LogP contribution in [-0.4, -0.2) is 46.5 Å². The van der Waals surface area contributed by atoms with Crippen molar-refractivity contribution in [2.24, 2.45) is 0 Å². The maximum Gasteiger partial charge on any atom is 0.254 e. The number of rotatable bonds is 4. The van der Waals surface area contributed by atoms with E-state index < -0.39 is 0 Å². The number of amides is 1. The van der Waals surface area contributed by atoms with Crippen molar-refractivity contribution in [1.29, 1.82) is 0 Å². The summed E-state index contributed by atoms with van der Waals surface area (Å²) in [6.45, 7) is 4.72. The molecule has 100 valence electrons. The van der Waals surface area contributed by atoms with Gasteiger partial charge in [-0.25, -0.2) is 4.98 Å². The summed E-state index contributed by atoms with van der Waals surface area (Å²) in [4.78, 5) is 21.8. The Kier molecular flexibility index (Phi) is 3.21. The molecule has 1 aliphatic rings. The second-order valence-corrected chi connectivity index (χ2v) is 4.95. The molecule has 0 radical (unpaired) electrons. The van der Waals surface area contributed by atoms with Crippen molar-refractivity contribution in [1.82, 2.24) is 20.2 Å². The summed E-state index contributed by atoms with van der Waals surface area (Å²) in [5, 5.41) is 3.22. The molecule has 5 heteroatoms. The minimum absolute atomic E-state index is 0.116. The first kappa shape index (κ1) is 12.2. The quantitative estimate of drug-likeness (QED) is 0.871. The highest BCUT2D eigenvalue weighted by Gasteiger charge is 2.28. The van der Waals surface area contributed by atoms with Gasteiger partial charge in [0, 0.05) is 25.2 Å². The van der Waals surface area contributed by atoms with Crippen molar-refractivity contribution in [3.05, 3.63) is 30.1 Å². The molecule has 19 heavy (non-hydrogen) atoms. The van der Waals surface area contributed by atoms with Gasteiger partial charge in [0.25, 0.3) is 5.91 Å². The summed E-state index contributed by atoms with van der Waals surface area (Å²) in [5.41, 5.74) is 2.54. The van der Waals surface area contributed by atoms with Crippen molar-refractivity contribution in [3.63, 3.8) is 0 Å². The normalized spacial score (nSPS) is 15.4. The van der Waals surface area contributed by atoms with E-state index in [1.165, 1.54) is 0 Å². The fraction of sp³-hybridized carbons (Fsp3) is 0.429. The lowest BCUT2D eigenvalue weighted by Gasteiger charge is -2.38. The molecule has 0 bridgehead atoms. The van der Waals surface area contributed by atoms with Gasteiger partial charge >= 0.3 is 0 Å². The second kappa shape index (κ2) is 5.01. The van der Waals surface area contributed by atoms with Crippen molar-refractivity contribution >= 4 is 16.9 Å². The lowest BCUT2D eigenvalue weighted by Crippen LogP contribution is -2.59. The van der Waals surface area contributed by atoms with Gasteiger partial charge in [-0.2, -0.15) is 0 Å². The van der Waals surface area contributed by atoms with E-state index in [9.17, 15) is 4.79 Å². The van der Waals surface area contributed by atoms with Crippen molar-refractivity contribution in [2.45, 2.75) is 19.4 Å². The number of benzene rings is 1. The van der Waals surface area contributed by atoms with Crippen LogP contribution in [0, 0.1) is 0 Å². The van der Waals surface area contributed by atoms with Crippen molar-refractivity contribution < 1.29 is 4.79 Å². The average Bonchev–Trinajstić information content (AvgIpc) is 2.82. The molecule has 1 saturated heterocycles. The first-order chi connectivity index (χ1) is 9.29. The Morgan fingerprint density at radius 2 is 2.32 bits per heavy atom. The smallest absolute Gasteiger partial charge is 0.254 e. The number of nitrogens with zero attached hydrogens (tertiary/aromatic N) is 2. The van der Waals surface area contributed by atoms with Gasteiger partial charge in [0.1, 0.15) is 0 Å². The molecule has 1 aromatic heterocycles. The van der Waals surface area contributed by atoms with Crippen LogP contribution >= 0.6 is 0 Å². The summed E-state index contributed by atoms with van der Waals surface area (Å²) in [7, 11) is 0. The van der Waals surface area contributed by atoms with E-state index in [0.29, 0.717) is 6.04 Å². The minimum atomic E-state index is 0.116. The van der Waals surface area contributed by atoms with Gasteiger partial charge in [-0.1, -0.05) is 6.92 Å². The number of hydrogen-bond donors (Lipinski definition) is 2. The Morgan fingerprint density at radius 3 is 3.00 bits per heavy atom. The van der Waals surface area contributed by atoms with E-state index in [2.05, 4.69) is 22.2 Å². The number of H-pyrrole nitrogens is 1. The number of fused-ring (bicyclic) bond motifs is 1. The van der Waals surface area contributed by atoms with Crippen molar-refractivity contribution in [3.8, 4) is 0 Å². The zero-order valence-corrected chi connectivity index (χ0v) is 11.0. The van der Waals surface area contributed by atoms with Crippen LogP contribution in [-0.2, 0) is 0 Å². The molecular weight excluding hydrogens is 240 g/mol. The molecule has 1 aliphatic heterocycles. The third-order valence-corrected chi connectivity index (χ3v) is 3.59. The third kappa shape index (κ3) is 2.21. The number of hydrogen-bond acceptors (Lipinski definition) is 3. The van der Waals surface area contributed by atoms with Crippen LogP contribution in [0.25, 0.3) is 11.0 Å². The maximum absolute atomic E-state index is 12.6. The lowest BCUT2D eigenvalue weighted by atomic mass is 10.1. The van der Waals surface area contributed by atoms with Crippen LogP contribution < -0.4 is 5.32 Å². The molecule has 0 aliphatic carbocycles. The van der Waals surface area contributed by atoms with Gasteiger partial charge in [0.15, 0.2) is 0 Å². The molecule has 2 aromatic rings. The highest BCUT2D eigenvalue weighted by molar-refractivity contribution is 5.97. The van der Waals surface area contributed by atoms with Crippen LogP contribution in [0.3, 0.4) is 0 Å². The number of carbonyl (C=O) groups is 1. The molecule has 0 unspecified atom stereocenters. The number of aromatic nitrogens is 2. The number of aromatic amines is 1. The number of nitrogens with one attached hydrogen (secondary N) is 2. The summed E-state index contributed by atoms with van der Waals surface area (Å²) < 4.78 is 0. The molecule has 3 rings (SSSR count). The highest BCUT2D eigenvalue weighted by Crippen LogP contribution is 2.16. The molecular formula is C14H18N4O. The molecule has 2 N–H and O–H groups in total. The first-order valence-electron chi connectivity index (χ1n) is 6.74. The van der Waals surface area contributed by atoms with Crippen LogP contribution in [0.2, 0.25) is 0 Å². The molecule has 2 heterocycles. The van der Waals surface area contributed by atoms with Crippen LogP contribution in [0.5, 0.6) is 0 Å². The van der Waals surface area contributed by atoms with Crippen LogP contribution in [0.15, 0.2) is 24.5 Å². The molecule has 1 fully saturated rings. The molecule has 1 aromatic carbocycles. The predicted octanol–water partition coefficient (Wildman–Crippen LogP) is 1.39. The van der Waals surface area contributed by atoms with Gasteiger partial charge in [-0.15, -0.1) is 0 Å². The fourth-order valence-electron chi connectivity index (χ4n) is 2.42. The van der Waals surface area contributed by atoms with E-state index in [4.69, 9.17) is 0 Å². The molecule has 0 atom stereocenters. The highest BCUT2D eigenvalue weighted by atomic mass is 16.2. The van der Waals surface area contributed by atoms with E-state index in [1.54, 1.807) is 6.33 Å². The van der Waals surface area contributed by atoms with Crippen LogP contribution in [0.1, 0.15) is 23.7 Å². The number of carbonyl (C=O) groups excluding carboxylic acids is 1. The average molecular weight is 258 g/mol. The summed E-state index contributed by atoms with van der Waals surface area (Å²) >= 11 is 0. The van der Waals surface area contributed by atoms with Gasteiger partial charge < -0.3 is 15.2 Å². The Bertz CT molecular complexity index is 588. The van der Waals surface area contributed by atoms with Crippen LogP contribution in [0.4, 0.5) is 0 Å². The summed E-state index contributed by atoms with van der Waals surface area (Å²) in [6.07, 6.45) is 2.63. The van der Waals surface area contributed by atoms with E-state index in [1.807, 2.05) is 23.1 Å². The van der Waals surface area contributed by atoms with E-state index >= 15 is 0 Å². The Hall–Kier alpha value is -1.88. The Morgan fingerprint density at radius 1 is 1.47 bits per heavy atom. The van der Waals surface area contributed by atoms with Gasteiger partial charge in [0.05, 0.1) is 23.4 Å². The maximum atomic E-state index is 12.6. The summed E-state index contributed by atoms with van der Waals surface area (Å²) in [6, 6.07) is 5.98. The Labute approximate surface area is 112 Å². The zero-order chi connectivity index (χ0) is 13.2. The lowest BCUT2D eigenvalue weighted by molar-refractivity contribution is 0.0616. The molecule has 5 nitrogen and oxygen atoms in total. The summed E-state index contributed by atoms with van der Waals surface area (Å²) in [5.74, 6) is 0.116. The first-order valence-corrected chi connectivity index (χ1v) is 6.74. The van der Waals surface area contributed by atoms with Gasteiger partial charge in [-0.05, 0) is 24.6 Å². The second-order valence-electron chi connectivity index (χ2n) is 4.95. The molecule has 0 saturated carbocycles. The fourth-order valence-corrected chi connectivity index (χ4v) is 2.42. The topological polar surface area (TPSA) is 61.0 Å². The van der Waals surface area contributed by atoms with Crippen molar-refractivity contribution in [2.75, 3.05) is 19.6 Å².